The Bertz CT molecular complexity index is 625. The normalized spacial score (nSPS) is 14.9. The molecule has 1 nitrogen and oxygen atoms in total. The number of benzene rings is 2. The Morgan fingerprint density at radius 2 is 1.89 bits per heavy atom. The highest BCUT2D eigenvalue weighted by Gasteiger charge is 2.24. The van der Waals surface area contributed by atoms with Crippen molar-refractivity contribution in [1.29, 1.82) is 0 Å². The Kier molecular flexibility index (Phi) is 2.93. The third-order valence-corrected chi connectivity index (χ3v) is 3.38. The predicted molar refractivity (Wildman–Crippen MR) is 67.9 cm³/mol. The van der Waals surface area contributed by atoms with E-state index in [1.165, 1.54) is 0 Å². The summed E-state index contributed by atoms with van der Waals surface area (Å²) in [5.74, 6) is -1.37. The van der Waals surface area contributed by atoms with Crippen molar-refractivity contribution in [3.63, 3.8) is 0 Å². The molecule has 0 aromatic heterocycles. The Labute approximate surface area is 109 Å². The lowest BCUT2D eigenvalue weighted by atomic mass is 9.98. The van der Waals surface area contributed by atoms with Gasteiger partial charge < -0.3 is 5.32 Å². The van der Waals surface area contributed by atoms with Crippen LogP contribution < -0.4 is 5.32 Å². The summed E-state index contributed by atoms with van der Waals surface area (Å²) in [6.45, 7) is 0.741. The van der Waals surface area contributed by atoms with Crippen LogP contribution >= 0.6 is 0 Å². The summed E-state index contributed by atoms with van der Waals surface area (Å²) < 4.78 is 41.3. The molecule has 3 rings (SSSR count). The summed E-state index contributed by atoms with van der Waals surface area (Å²) in [6, 6.07) is 8.10. The molecule has 2 aromatic rings. The van der Waals surface area contributed by atoms with Crippen LogP contribution in [0.5, 0.6) is 0 Å². The van der Waals surface area contributed by atoms with Crippen LogP contribution in [0.2, 0.25) is 0 Å². The first-order valence-corrected chi connectivity index (χ1v) is 6.11. The molecule has 1 aliphatic rings. The van der Waals surface area contributed by atoms with E-state index < -0.39 is 17.8 Å². The highest BCUT2D eigenvalue weighted by molar-refractivity contribution is 5.63. The van der Waals surface area contributed by atoms with E-state index in [9.17, 15) is 13.2 Å². The van der Waals surface area contributed by atoms with Crippen LogP contribution in [0, 0.1) is 11.6 Å². The Morgan fingerprint density at radius 1 is 1.05 bits per heavy atom. The zero-order valence-corrected chi connectivity index (χ0v) is 10.1. The van der Waals surface area contributed by atoms with Crippen molar-refractivity contribution in [2.24, 2.45) is 0 Å². The van der Waals surface area contributed by atoms with Gasteiger partial charge in [0.1, 0.15) is 11.6 Å². The molecule has 0 aliphatic carbocycles. The molecule has 0 radical (unpaired) electrons. The fourth-order valence-corrected chi connectivity index (χ4v) is 2.45. The maximum atomic E-state index is 14.5. The number of alkyl halides is 1. The minimum absolute atomic E-state index is 0.262. The fourth-order valence-electron chi connectivity index (χ4n) is 2.45. The Hall–Kier alpha value is -1.97. The number of halogens is 3. The number of hydrogen-bond acceptors (Lipinski definition) is 1. The molecule has 4 heteroatoms. The molecule has 1 heterocycles. The summed E-state index contributed by atoms with van der Waals surface area (Å²) in [6.07, 6.45) is -0.849. The van der Waals surface area contributed by atoms with Gasteiger partial charge in [-0.05, 0) is 30.2 Å². The summed E-state index contributed by atoms with van der Waals surface area (Å²) >= 11 is 0. The first-order valence-electron chi connectivity index (χ1n) is 6.11. The van der Waals surface area contributed by atoms with Crippen LogP contribution in [0.15, 0.2) is 36.4 Å². The van der Waals surface area contributed by atoms with Crippen molar-refractivity contribution in [1.82, 2.24) is 0 Å². The summed E-state index contributed by atoms with van der Waals surface area (Å²) in [4.78, 5) is 0. The molecule has 19 heavy (non-hydrogen) atoms. The highest BCUT2D eigenvalue weighted by Crippen LogP contribution is 2.37. The van der Waals surface area contributed by atoms with Gasteiger partial charge in [0, 0.05) is 23.4 Å². The van der Waals surface area contributed by atoms with Gasteiger partial charge in [0.05, 0.1) is 0 Å². The quantitative estimate of drug-likeness (QED) is 0.863. The van der Waals surface area contributed by atoms with Crippen LogP contribution in [0.1, 0.15) is 22.9 Å². The van der Waals surface area contributed by atoms with Gasteiger partial charge in [-0.25, -0.2) is 13.2 Å². The van der Waals surface area contributed by atoms with E-state index in [0.29, 0.717) is 11.3 Å². The lowest BCUT2D eigenvalue weighted by molar-refractivity contribution is 0.386. The summed E-state index contributed by atoms with van der Waals surface area (Å²) in [5.41, 5.74) is 1.82. The fraction of sp³-hybridized carbons (Fsp3) is 0.200. The van der Waals surface area contributed by atoms with Gasteiger partial charge in [0.25, 0.3) is 0 Å². The van der Waals surface area contributed by atoms with Crippen LogP contribution in [-0.4, -0.2) is 6.54 Å². The first-order chi connectivity index (χ1) is 9.16. The van der Waals surface area contributed by atoms with Crippen molar-refractivity contribution in [3.8, 4) is 0 Å². The molecule has 0 saturated carbocycles. The third kappa shape index (κ3) is 2.07. The molecule has 0 fully saturated rings. The van der Waals surface area contributed by atoms with Crippen molar-refractivity contribution in [3.05, 3.63) is 64.7 Å². The number of anilines is 1. The molecule has 0 bridgehead atoms. The van der Waals surface area contributed by atoms with Gasteiger partial charge in [0.15, 0.2) is 6.17 Å². The van der Waals surface area contributed by atoms with Crippen molar-refractivity contribution < 1.29 is 13.2 Å². The van der Waals surface area contributed by atoms with E-state index in [0.717, 1.165) is 36.7 Å². The highest BCUT2D eigenvalue weighted by atomic mass is 19.1. The van der Waals surface area contributed by atoms with Gasteiger partial charge in [-0.3, -0.25) is 0 Å². The maximum Gasteiger partial charge on any atom is 0.155 e. The average Bonchev–Trinajstić information content (AvgIpc) is 2.89. The molecule has 1 atom stereocenters. The molecule has 1 unspecified atom stereocenters. The lowest BCUT2D eigenvalue weighted by Crippen LogP contribution is -2.03. The van der Waals surface area contributed by atoms with E-state index in [1.807, 2.05) is 6.07 Å². The predicted octanol–water partition coefficient (Wildman–Crippen LogP) is 3.99. The van der Waals surface area contributed by atoms with Crippen LogP contribution in [0.3, 0.4) is 0 Å². The largest absolute Gasteiger partial charge is 0.384 e. The smallest absolute Gasteiger partial charge is 0.155 e. The van der Waals surface area contributed by atoms with Gasteiger partial charge in [-0.15, -0.1) is 0 Å². The lowest BCUT2D eigenvalue weighted by Gasteiger charge is -2.14. The van der Waals surface area contributed by atoms with Crippen LogP contribution in [-0.2, 0) is 6.42 Å². The van der Waals surface area contributed by atoms with Gasteiger partial charge in [-0.1, -0.05) is 18.2 Å². The van der Waals surface area contributed by atoms with E-state index in [2.05, 4.69) is 5.32 Å². The van der Waals surface area contributed by atoms with Crippen LogP contribution in [0.25, 0.3) is 0 Å². The number of fused-ring (bicyclic) bond motifs is 1. The molecular formula is C15H12F3N. The molecule has 0 amide bonds. The monoisotopic (exact) mass is 263 g/mol. The average molecular weight is 263 g/mol. The molecule has 0 spiro atoms. The Balaban J connectivity index is 2.07. The topological polar surface area (TPSA) is 12.0 Å². The summed E-state index contributed by atoms with van der Waals surface area (Å²) in [5, 5.41) is 3.10. The minimum Gasteiger partial charge on any atom is -0.384 e. The number of nitrogens with one attached hydrogen (secondary N) is 1. The molecule has 2 aromatic carbocycles. The Morgan fingerprint density at radius 3 is 2.74 bits per heavy atom. The number of para-hydroxylation sites is 1. The number of hydrogen-bond donors (Lipinski definition) is 1. The molecule has 1 N–H and O–H groups in total. The van der Waals surface area contributed by atoms with Gasteiger partial charge >= 0.3 is 0 Å². The zero-order chi connectivity index (χ0) is 13.4. The van der Waals surface area contributed by atoms with Crippen molar-refractivity contribution in [2.45, 2.75) is 12.6 Å². The van der Waals surface area contributed by atoms with E-state index in [1.54, 1.807) is 12.1 Å². The first kappa shape index (κ1) is 12.1. The SMILES string of the molecule is Fc1ccc(F)c(C(F)c2cccc3c2NCC3)c1. The second-order valence-corrected chi connectivity index (χ2v) is 4.59. The van der Waals surface area contributed by atoms with Gasteiger partial charge in [-0.2, -0.15) is 0 Å². The van der Waals surface area contributed by atoms with E-state index >= 15 is 0 Å². The minimum atomic E-state index is -1.67. The van der Waals surface area contributed by atoms with E-state index in [4.69, 9.17) is 0 Å². The second-order valence-electron chi connectivity index (χ2n) is 4.59. The molecule has 98 valence electrons. The standard InChI is InChI=1S/C15H12F3N/c16-10-4-5-13(17)12(8-10)14(18)11-3-1-2-9-6-7-19-15(9)11/h1-5,8,14,19H,6-7H2. The van der Waals surface area contributed by atoms with Gasteiger partial charge in [0.2, 0.25) is 0 Å². The molecule has 0 saturated heterocycles. The molecular weight excluding hydrogens is 251 g/mol. The van der Waals surface area contributed by atoms with Crippen molar-refractivity contribution >= 4 is 5.69 Å². The molecule has 1 aliphatic heterocycles. The second kappa shape index (κ2) is 4.61. The summed E-state index contributed by atoms with van der Waals surface area (Å²) in [7, 11) is 0. The zero-order valence-electron chi connectivity index (χ0n) is 10.1. The van der Waals surface area contributed by atoms with Crippen molar-refractivity contribution in [2.75, 3.05) is 11.9 Å². The third-order valence-electron chi connectivity index (χ3n) is 3.38. The van der Waals surface area contributed by atoms with E-state index in [-0.39, 0.29) is 5.56 Å². The number of rotatable bonds is 2. The maximum absolute atomic E-state index is 14.5. The van der Waals surface area contributed by atoms with Crippen LogP contribution in [0.4, 0.5) is 18.9 Å².